The average molecular weight is 280 g/mol. The second-order valence-corrected chi connectivity index (χ2v) is 5.76. The van der Waals surface area contributed by atoms with Crippen LogP contribution < -0.4 is 5.32 Å². The molecule has 0 radical (unpaired) electrons. The van der Waals surface area contributed by atoms with E-state index in [-0.39, 0.29) is 13.2 Å². The van der Waals surface area contributed by atoms with Gasteiger partial charge in [-0.05, 0) is 30.7 Å². The van der Waals surface area contributed by atoms with E-state index in [0.717, 1.165) is 24.8 Å². The van der Waals surface area contributed by atoms with Crippen molar-refractivity contribution in [3.63, 3.8) is 0 Å². The van der Waals surface area contributed by atoms with Crippen LogP contribution in [0.2, 0.25) is 0 Å². The molecule has 0 fully saturated rings. The lowest BCUT2D eigenvalue weighted by atomic mass is 9.89. The first kappa shape index (κ1) is 13.8. The van der Waals surface area contributed by atoms with Gasteiger partial charge >= 0.3 is 6.09 Å². The maximum Gasteiger partial charge on any atom is 0.412 e. The fourth-order valence-electron chi connectivity index (χ4n) is 2.22. The fraction of sp³-hybridized carbons (Fsp3) is 0.538. The molecule has 0 aromatic carbocycles. The van der Waals surface area contributed by atoms with Crippen LogP contribution in [0.15, 0.2) is 0 Å². The predicted octanol–water partition coefficient (Wildman–Crippen LogP) is 2.29. The van der Waals surface area contributed by atoms with Gasteiger partial charge in [-0.25, -0.2) is 4.79 Å². The van der Waals surface area contributed by atoms with E-state index in [0.29, 0.717) is 16.5 Å². The van der Waals surface area contributed by atoms with Crippen molar-refractivity contribution in [2.75, 3.05) is 18.5 Å². The van der Waals surface area contributed by atoms with E-state index < -0.39 is 6.09 Å². The van der Waals surface area contributed by atoms with Crippen LogP contribution in [0.25, 0.3) is 0 Å². The number of nitrogens with one attached hydrogen (secondary N) is 1. The zero-order valence-corrected chi connectivity index (χ0v) is 11.5. The van der Waals surface area contributed by atoms with Gasteiger partial charge in [0.25, 0.3) is 0 Å². The smallest absolute Gasteiger partial charge is 0.412 e. The van der Waals surface area contributed by atoms with E-state index in [9.17, 15) is 10.1 Å². The number of carbonyl (C=O) groups is 1. The van der Waals surface area contributed by atoms with Gasteiger partial charge < -0.3 is 9.84 Å². The molecule has 5 nitrogen and oxygen atoms in total. The Bertz CT molecular complexity index is 519. The Morgan fingerprint density at radius 3 is 3.16 bits per heavy atom. The van der Waals surface area contributed by atoms with E-state index in [2.05, 4.69) is 18.3 Å². The first-order valence-corrected chi connectivity index (χ1v) is 7.06. The van der Waals surface area contributed by atoms with Crippen molar-refractivity contribution in [2.24, 2.45) is 5.92 Å². The van der Waals surface area contributed by atoms with Gasteiger partial charge in [0.15, 0.2) is 0 Å². The van der Waals surface area contributed by atoms with Crippen molar-refractivity contribution < 1.29 is 14.6 Å². The van der Waals surface area contributed by atoms with Gasteiger partial charge in [0.2, 0.25) is 0 Å². The molecule has 0 aliphatic heterocycles. The summed E-state index contributed by atoms with van der Waals surface area (Å²) in [4.78, 5) is 12.7. The van der Waals surface area contributed by atoms with Crippen LogP contribution in [0.3, 0.4) is 0 Å². The number of ether oxygens (including phenoxy) is 1. The van der Waals surface area contributed by atoms with Crippen molar-refractivity contribution >= 4 is 22.4 Å². The van der Waals surface area contributed by atoms with Crippen molar-refractivity contribution in [1.29, 1.82) is 5.26 Å². The number of anilines is 1. The maximum atomic E-state index is 11.5. The lowest BCUT2D eigenvalue weighted by molar-refractivity contribution is 0.131. The molecular formula is C13H16N2O3S. The van der Waals surface area contributed by atoms with Gasteiger partial charge in [0.05, 0.1) is 12.2 Å². The molecule has 2 N–H and O–H groups in total. The number of rotatable bonds is 3. The quantitative estimate of drug-likeness (QED) is 0.890. The van der Waals surface area contributed by atoms with E-state index in [1.807, 2.05) is 0 Å². The van der Waals surface area contributed by atoms with E-state index in [1.54, 1.807) is 0 Å². The Kier molecular flexibility index (Phi) is 4.40. The van der Waals surface area contributed by atoms with Crippen molar-refractivity contribution in [2.45, 2.75) is 26.2 Å². The standard InChI is InChI=1S/C13H16N2O3S/c1-8-2-3-9-10(7-14)12(19-11(9)6-8)15-13(17)18-5-4-16/h8,16H,2-6H2,1H3,(H,15,17). The highest BCUT2D eigenvalue weighted by molar-refractivity contribution is 7.16. The normalized spacial score (nSPS) is 17.4. The molecule has 0 saturated heterocycles. The second kappa shape index (κ2) is 6.04. The monoisotopic (exact) mass is 280 g/mol. The molecule has 102 valence electrons. The molecule has 2 rings (SSSR count). The van der Waals surface area contributed by atoms with E-state index >= 15 is 0 Å². The van der Waals surface area contributed by atoms with Gasteiger partial charge in [0.1, 0.15) is 17.7 Å². The fourth-order valence-corrected chi connectivity index (χ4v) is 3.57. The minimum absolute atomic E-state index is 0.0458. The summed E-state index contributed by atoms with van der Waals surface area (Å²) >= 11 is 1.46. The van der Waals surface area contributed by atoms with Crippen molar-refractivity contribution in [3.8, 4) is 6.07 Å². The Hall–Kier alpha value is -1.58. The van der Waals surface area contributed by atoms with Gasteiger partial charge in [-0.15, -0.1) is 11.3 Å². The van der Waals surface area contributed by atoms with Gasteiger partial charge in [-0.2, -0.15) is 5.26 Å². The zero-order chi connectivity index (χ0) is 13.8. The van der Waals surface area contributed by atoms with Crippen molar-refractivity contribution in [1.82, 2.24) is 0 Å². The van der Waals surface area contributed by atoms with Crippen molar-refractivity contribution in [3.05, 3.63) is 16.0 Å². The van der Waals surface area contributed by atoms with E-state index in [1.165, 1.54) is 16.2 Å². The van der Waals surface area contributed by atoms with Crippen LogP contribution in [0, 0.1) is 17.2 Å². The molecule has 1 unspecified atom stereocenters. The Labute approximate surface area is 115 Å². The number of nitriles is 1. The molecule has 1 atom stereocenters. The number of aliphatic hydroxyl groups excluding tert-OH is 1. The van der Waals surface area contributed by atoms with Crippen LogP contribution >= 0.6 is 11.3 Å². The lowest BCUT2D eigenvalue weighted by Gasteiger charge is -2.17. The number of nitrogens with zero attached hydrogens (tertiary/aromatic N) is 1. The van der Waals surface area contributed by atoms with Crippen LogP contribution in [0.5, 0.6) is 0 Å². The number of thiophene rings is 1. The molecule has 1 heterocycles. The number of fused-ring (bicyclic) bond motifs is 1. The van der Waals surface area contributed by atoms with Crippen LogP contribution in [0.1, 0.15) is 29.3 Å². The number of carbonyl (C=O) groups excluding carboxylic acids is 1. The lowest BCUT2D eigenvalue weighted by Crippen LogP contribution is -2.15. The highest BCUT2D eigenvalue weighted by Crippen LogP contribution is 2.39. The summed E-state index contributed by atoms with van der Waals surface area (Å²) in [5.41, 5.74) is 1.64. The first-order chi connectivity index (χ1) is 9.15. The summed E-state index contributed by atoms with van der Waals surface area (Å²) in [7, 11) is 0. The SMILES string of the molecule is CC1CCc2c(sc(NC(=O)OCCO)c2C#N)C1. The van der Waals surface area contributed by atoms with Gasteiger partial charge in [-0.3, -0.25) is 5.32 Å². The minimum atomic E-state index is -0.628. The number of hydrogen-bond acceptors (Lipinski definition) is 5. The number of amides is 1. The molecule has 1 aliphatic rings. The summed E-state index contributed by atoms with van der Waals surface area (Å²) < 4.78 is 4.74. The summed E-state index contributed by atoms with van der Waals surface area (Å²) in [5, 5.41) is 21.0. The van der Waals surface area contributed by atoms with Crippen LogP contribution in [0.4, 0.5) is 9.80 Å². The topological polar surface area (TPSA) is 82.3 Å². The molecule has 0 spiro atoms. The molecule has 0 saturated carbocycles. The predicted molar refractivity (Wildman–Crippen MR) is 72.3 cm³/mol. The zero-order valence-electron chi connectivity index (χ0n) is 10.7. The van der Waals surface area contributed by atoms with Crippen LogP contribution in [-0.4, -0.2) is 24.4 Å². The first-order valence-electron chi connectivity index (χ1n) is 6.25. The molecule has 1 aliphatic carbocycles. The van der Waals surface area contributed by atoms with Gasteiger partial charge in [-0.1, -0.05) is 6.92 Å². The van der Waals surface area contributed by atoms with E-state index in [4.69, 9.17) is 9.84 Å². The Morgan fingerprint density at radius 1 is 1.68 bits per heavy atom. The molecule has 6 heteroatoms. The Balaban J connectivity index is 2.17. The molecule has 1 aromatic rings. The number of hydrogen-bond donors (Lipinski definition) is 2. The third-order valence-electron chi connectivity index (χ3n) is 3.16. The highest BCUT2D eigenvalue weighted by Gasteiger charge is 2.24. The maximum absolute atomic E-state index is 11.5. The average Bonchev–Trinajstić information content (AvgIpc) is 2.72. The largest absolute Gasteiger partial charge is 0.447 e. The third-order valence-corrected chi connectivity index (χ3v) is 4.33. The Morgan fingerprint density at radius 2 is 2.47 bits per heavy atom. The molecule has 19 heavy (non-hydrogen) atoms. The van der Waals surface area contributed by atoms with Gasteiger partial charge in [0, 0.05) is 4.88 Å². The second-order valence-electron chi connectivity index (χ2n) is 4.65. The summed E-state index contributed by atoms with van der Waals surface area (Å²) in [6.07, 6.45) is 2.30. The molecule has 1 amide bonds. The molecule has 0 bridgehead atoms. The minimum Gasteiger partial charge on any atom is -0.447 e. The summed E-state index contributed by atoms with van der Waals surface area (Å²) in [6, 6.07) is 2.17. The molecular weight excluding hydrogens is 264 g/mol. The summed E-state index contributed by atoms with van der Waals surface area (Å²) in [5.74, 6) is 0.617. The highest BCUT2D eigenvalue weighted by atomic mass is 32.1. The summed E-state index contributed by atoms with van der Waals surface area (Å²) in [6.45, 7) is 1.93. The number of aliphatic hydroxyl groups is 1. The van der Waals surface area contributed by atoms with Crippen LogP contribution in [-0.2, 0) is 17.6 Å². The molecule has 1 aromatic heterocycles. The third kappa shape index (κ3) is 3.06.